The van der Waals surface area contributed by atoms with E-state index >= 15 is 0 Å². The van der Waals surface area contributed by atoms with Gasteiger partial charge in [0.15, 0.2) is 11.9 Å². The fourth-order valence-electron chi connectivity index (χ4n) is 2.73. The van der Waals surface area contributed by atoms with Gasteiger partial charge in [0, 0.05) is 23.4 Å². The van der Waals surface area contributed by atoms with Gasteiger partial charge in [0.2, 0.25) is 5.88 Å². The first-order valence-corrected chi connectivity index (χ1v) is 9.32. The van der Waals surface area contributed by atoms with Crippen molar-refractivity contribution in [1.29, 1.82) is 0 Å². The van der Waals surface area contributed by atoms with Gasteiger partial charge in [-0.3, -0.25) is 14.4 Å². The van der Waals surface area contributed by atoms with Crippen LogP contribution in [-0.2, 0) is 4.79 Å². The molecule has 0 aliphatic carbocycles. The van der Waals surface area contributed by atoms with Crippen molar-refractivity contribution in [3.05, 3.63) is 82.4 Å². The zero-order valence-electron chi connectivity index (χ0n) is 16.5. The number of ketones is 1. The van der Waals surface area contributed by atoms with Crippen LogP contribution in [-0.4, -0.2) is 27.6 Å². The van der Waals surface area contributed by atoms with Crippen LogP contribution in [0.4, 0.5) is 10.1 Å². The third kappa shape index (κ3) is 4.96. The Bertz CT molecular complexity index is 1130. The lowest BCUT2D eigenvalue weighted by molar-refractivity contribution is -0.123. The maximum absolute atomic E-state index is 13.1. The fraction of sp³-hybridized carbons (Fsp3) is 0.182. The van der Waals surface area contributed by atoms with Gasteiger partial charge in [-0.2, -0.15) is 4.68 Å². The van der Waals surface area contributed by atoms with E-state index in [4.69, 9.17) is 4.74 Å². The van der Waals surface area contributed by atoms with Crippen LogP contribution in [0.2, 0.25) is 0 Å². The van der Waals surface area contributed by atoms with E-state index in [0.717, 1.165) is 4.68 Å². The normalized spacial score (nSPS) is 11.6. The van der Waals surface area contributed by atoms with Gasteiger partial charge in [0.25, 0.3) is 11.5 Å². The van der Waals surface area contributed by atoms with E-state index in [1.807, 2.05) is 0 Å². The largest absolute Gasteiger partial charge is 0.463 e. The van der Waals surface area contributed by atoms with Gasteiger partial charge in [0.05, 0.1) is 5.69 Å². The van der Waals surface area contributed by atoms with Gasteiger partial charge < -0.3 is 10.1 Å². The van der Waals surface area contributed by atoms with Crippen LogP contribution in [0.15, 0.2) is 65.5 Å². The summed E-state index contributed by atoms with van der Waals surface area (Å²) in [7, 11) is 0. The Balaban J connectivity index is 1.78. The maximum Gasteiger partial charge on any atom is 0.271 e. The zero-order valence-corrected chi connectivity index (χ0v) is 16.5. The first-order chi connectivity index (χ1) is 14.4. The number of nitrogens with one attached hydrogen (secondary N) is 1. The molecule has 1 aromatic heterocycles. The van der Waals surface area contributed by atoms with Crippen molar-refractivity contribution in [2.75, 3.05) is 5.32 Å². The Hall–Kier alpha value is -3.81. The molecule has 0 bridgehead atoms. The van der Waals surface area contributed by atoms with Crippen LogP contribution >= 0.6 is 0 Å². The number of carbonyl (C=O) groups is 2. The third-order valence-corrected chi connectivity index (χ3v) is 4.31. The van der Waals surface area contributed by atoms with Crippen molar-refractivity contribution in [2.24, 2.45) is 0 Å². The zero-order chi connectivity index (χ0) is 21.7. The Labute approximate surface area is 172 Å². The van der Waals surface area contributed by atoms with Gasteiger partial charge in [-0.1, -0.05) is 19.1 Å². The molecule has 7 nitrogen and oxygen atoms in total. The van der Waals surface area contributed by atoms with Crippen LogP contribution in [0.1, 0.15) is 30.6 Å². The topological polar surface area (TPSA) is 90.3 Å². The standard InChI is InChI=1S/C22H20FN3O4/c1-3-19(22(29)24-17-6-4-5-15(13-17)14(2)27)30-20-11-12-21(28)26(25-20)18-9-7-16(23)8-10-18/h4-13,19H,3H2,1-2H3,(H,24,29). The van der Waals surface area contributed by atoms with E-state index in [1.165, 1.54) is 43.3 Å². The first-order valence-electron chi connectivity index (χ1n) is 9.32. The molecule has 0 aliphatic rings. The summed E-state index contributed by atoms with van der Waals surface area (Å²) >= 11 is 0. The number of hydrogen-bond donors (Lipinski definition) is 1. The van der Waals surface area contributed by atoms with Crippen molar-refractivity contribution in [3.8, 4) is 11.6 Å². The highest BCUT2D eigenvalue weighted by Gasteiger charge is 2.20. The summed E-state index contributed by atoms with van der Waals surface area (Å²) < 4.78 is 19.9. The molecule has 3 aromatic rings. The van der Waals surface area contributed by atoms with Crippen molar-refractivity contribution in [2.45, 2.75) is 26.4 Å². The summed E-state index contributed by atoms with van der Waals surface area (Å²) in [6.45, 7) is 3.22. The quantitative estimate of drug-likeness (QED) is 0.604. The molecule has 0 fully saturated rings. The lowest BCUT2D eigenvalue weighted by Gasteiger charge is -2.17. The molecule has 1 atom stereocenters. The maximum atomic E-state index is 13.1. The van der Waals surface area contributed by atoms with Gasteiger partial charge >= 0.3 is 0 Å². The second-order valence-electron chi connectivity index (χ2n) is 6.54. The molecule has 3 rings (SSSR count). The molecule has 1 heterocycles. The number of ether oxygens (including phenoxy) is 1. The van der Waals surface area contributed by atoms with Crippen LogP contribution in [0.25, 0.3) is 5.69 Å². The molecule has 2 aromatic carbocycles. The van der Waals surface area contributed by atoms with E-state index < -0.39 is 23.4 Å². The lowest BCUT2D eigenvalue weighted by atomic mass is 10.1. The summed E-state index contributed by atoms with van der Waals surface area (Å²) in [4.78, 5) is 36.3. The molecule has 0 saturated carbocycles. The van der Waals surface area contributed by atoms with E-state index in [1.54, 1.807) is 31.2 Å². The summed E-state index contributed by atoms with van der Waals surface area (Å²) in [6, 6.07) is 14.5. The second-order valence-corrected chi connectivity index (χ2v) is 6.54. The van der Waals surface area contributed by atoms with E-state index in [2.05, 4.69) is 10.4 Å². The number of anilines is 1. The van der Waals surface area contributed by atoms with E-state index in [-0.39, 0.29) is 11.7 Å². The molecule has 0 spiro atoms. The molecule has 0 aliphatic heterocycles. The molecular weight excluding hydrogens is 389 g/mol. The lowest BCUT2D eigenvalue weighted by Crippen LogP contribution is -2.33. The van der Waals surface area contributed by atoms with Crippen LogP contribution in [0.3, 0.4) is 0 Å². The first kappa shape index (κ1) is 20.9. The predicted molar refractivity (Wildman–Crippen MR) is 110 cm³/mol. The molecule has 1 amide bonds. The number of nitrogens with zero attached hydrogens (tertiary/aromatic N) is 2. The minimum atomic E-state index is -0.877. The number of benzene rings is 2. The molecule has 1 unspecified atom stereocenters. The average molecular weight is 409 g/mol. The summed E-state index contributed by atoms with van der Waals surface area (Å²) in [5, 5.41) is 6.84. The SMILES string of the molecule is CCC(Oc1ccc(=O)n(-c2ccc(F)cc2)n1)C(=O)Nc1cccc(C(C)=O)c1. The Kier molecular flexibility index (Phi) is 6.36. The highest BCUT2D eigenvalue weighted by atomic mass is 19.1. The molecule has 8 heteroatoms. The van der Waals surface area contributed by atoms with Gasteiger partial charge in [-0.25, -0.2) is 4.39 Å². The Morgan fingerprint density at radius 1 is 1.13 bits per heavy atom. The van der Waals surface area contributed by atoms with Crippen molar-refractivity contribution in [1.82, 2.24) is 9.78 Å². The highest BCUT2D eigenvalue weighted by Crippen LogP contribution is 2.15. The summed E-state index contributed by atoms with van der Waals surface area (Å²) in [5.74, 6) is -0.893. The Morgan fingerprint density at radius 3 is 2.53 bits per heavy atom. The third-order valence-electron chi connectivity index (χ3n) is 4.31. The van der Waals surface area contributed by atoms with Gasteiger partial charge in [-0.05, 0) is 49.7 Å². The number of Topliss-reactive ketones (excluding diaryl/α,β-unsaturated/α-hetero) is 1. The summed E-state index contributed by atoms with van der Waals surface area (Å²) in [6.07, 6.45) is -0.534. The number of aromatic nitrogens is 2. The van der Waals surface area contributed by atoms with E-state index in [0.29, 0.717) is 23.4 Å². The number of halogens is 1. The number of rotatable bonds is 7. The smallest absolute Gasteiger partial charge is 0.271 e. The van der Waals surface area contributed by atoms with Gasteiger partial charge in [0.1, 0.15) is 5.82 Å². The molecule has 0 radical (unpaired) electrons. The highest BCUT2D eigenvalue weighted by molar-refractivity contribution is 5.98. The molecule has 30 heavy (non-hydrogen) atoms. The van der Waals surface area contributed by atoms with Crippen LogP contribution in [0.5, 0.6) is 5.88 Å². The minimum absolute atomic E-state index is 0.0680. The predicted octanol–water partition coefficient (Wildman–Crippen LogP) is 3.37. The van der Waals surface area contributed by atoms with Crippen LogP contribution < -0.4 is 15.6 Å². The van der Waals surface area contributed by atoms with Crippen LogP contribution in [0, 0.1) is 5.82 Å². The Morgan fingerprint density at radius 2 is 1.87 bits per heavy atom. The minimum Gasteiger partial charge on any atom is -0.463 e. The fourth-order valence-corrected chi connectivity index (χ4v) is 2.73. The van der Waals surface area contributed by atoms with Crippen molar-refractivity contribution >= 4 is 17.4 Å². The molecule has 0 saturated heterocycles. The number of hydrogen-bond acceptors (Lipinski definition) is 5. The van der Waals surface area contributed by atoms with E-state index in [9.17, 15) is 18.8 Å². The molecule has 154 valence electrons. The number of amides is 1. The average Bonchev–Trinajstić information content (AvgIpc) is 2.74. The second kappa shape index (κ2) is 9.13. The monoisotopic (exact) mass is 409 g/mol. The van der Waals surface area contributed by atoms with Gasteiger partial charge in [-0.15, -0.1) is 5.10 Å². The molecule has 1 N–H and O–H groups in total. The number of carbonyl (C=O) groups excluding carboxylic acids is 2. The molecular formula is C22H20FN3O4. The summed E-state index contributed by atoms with van der Waals surface area (Å²) in [5.41, 5.74) is 0.895. The van der Waals surface area contributed by atoms with Crippen molar-refractivity contribution < 1.29 is 18.7 Å². The van der Waals surface area contributed by atoms with Crippen molar-refractivity contribution in [3.63, 3.8) is 0 Å².